The van der Waals surface area contributed by atoms with Crippen molar-refractivity contribution in [2.45, 2.75) is 442 Å². The van der Waals surface area contributed by atoms with E-state index in [-0.39, 0.29) is 12.5 Å². The molecule has 0 saturated carbocycles. The van der Waals surface area contributed by atoms with Gasteiger partial charge in [0.25, 0.3) is 0 Å². The summed E-state index contributed by atoms with van der Waals surface area (Å²) in [5.74, 6) is -0.218. The Morgan fingerprint density at radius 3 is 0.941 bits per heavy atom. The number of aliphatic hydroxyl groups excluding tert-OH is 4. The first-order valence-electron chi connectivity index (χ1n) is 37.4. The minimum atomic E-state index is -5.08. The van der Waals surface area contributed by atoms with Gasteiger partial charge in [-0.3, -0.25) is 9.35 Å². The highest BCUT2D eigenvalue weighted by atomic mass is 32.3. The second-order valence-corrected chi connectivity index (χ2v) is 27.7. The number of carbonyl (C=O) groups is 1. The third-order valence-electron chi connectivity index (χ3n) is 18.4. The number of carbonyl (C=O) groups excluding carboxylic acids is 1. The van der Waals surface area contributed by atoms with E-state index in [9.17, 15) is 38.2 Å². The lowest BCUT2D eigenvalue weighted by molar-refractivity contribution is -0.298. The van der Waals surface area contributed by atoms with Crippen molar-refractivity contribution in [2.24, 2.45) is 0 Å². The molecule has 7 unspecified atom stereocenters. The van der Waals surface area contributed by atoms with Crippen LogP contribution in [0.3, 0.4) is 0 Å². The molecule has 6 N–H and O–H groups in total. The summed E-state index contributed by atoms with van der Waals surface area (Å²) in [5.41, 5.74) is 0. The van der Waals surface area contributed by atoms with E-state index < -0.39 is 59.9 Å². The Bertz CT molecular complexity index is 1490. The highest BCUT2D eigenvalue weighted by Gasteiger charge is 2.48. The van der Waals surface area contributed by atoms with Gasteiger partial charge in [0.2, 0.25) is 5.91 Å². The first-order valence-corrected chi connectivity index (χ1v) is 38.8. The van der Waals surface area contributed by atoms with Gasteiger partial charge < -0.3 is 35.2 Å². The van der Waals surface area contributed by atoms with Gasteiger partial charge in [0.15, 0.2) is 6.29 Å². The summed E-state index contributed by atoms with van der Waals surface area (Å²) in [6.07, 6.45) is 68.7. The predicted molar refractivity (Wildman–Crippen MR) is 356 cm³/mol. The van der Waals surface area contributed by atoms with Gasteiger partial charge in [0.05, 0.1) is 25.4 Å². The first kappa shape index (κ1) is 82.1. The molecule has 508 valence electrons. The van der Waals surface area contributed by atoms with Gasteiger partial charge in [0, 0.05) is 6.42 Å². The van der Waals surface area contributed by atoms with Crippen molar-refractivity contribution in [1.82, 2.24) is 5.32 Å². The van der Waals surface area contributed by atoms with Crippen LogP contribution in [0.5, 0.6) is 0 Å². The van der Waals surface area contributed by atoms with Crippen LogP contribution in [0.15, 0.2) is 0 Å². The van der Waals surface area contributed by atoms with Gasteiger partial charge in [0.1, 0.15) is 24.4 Å². The Morgan fingerprint density at radius 1 is 0.424 bits per heavy atom. The molecule has 1 fully saturated rings. The van der Waals surface area contributed by atoms with Gasteiger partial charge in [-0.25, -0.2) is 4.18 Å². The summed E-state index contributed by atoms with van der Waals surface area (Å²) < 4.78 is 48.2. The zero-order valence-electron chi connectivity index (χ0n) is 56.0. The molecule has 0 aliphatic carbocycles. The minimum absolute atomic E-state index is 0.218. The van der Waals surface area contributed by atoms with Crippen molar-refractivity contribution in [3.8, 4) is 0 Å². The van der Waals surface area contributed by atoms with Crippen molar-refractivity contribution in [1.29, 1.82) is 0 Å². The summed E-state index contributed by atoms with van der Waals surface area (Å²) >= 11 is 0. The Labute approximate surface area is 526 Å². The molecular formula is C72H143NO11S. The predicted octanol–water partition coefficient (Wildman–Crippen LogP) is 19.9. The Morgan fingerprint density at radius 2 is 0.682 bits per heavy atom. The molecule has 0 aromatic rings. The van der Waals surface area contributed by atoms with E-state index in [1.165, 1.54) is 321 Å². The monoisotopic (exact) mass is 1230 g/mol. The largest absolute Gasteiger partial charge is 0.397 e. The molecule has 0 radical (unpaired) electrons. The Hall–Kier alpha value is -0.900. The van der Waals surface area contributed by atoms with Crippen LogP contribution in [0.4, 0.5) is 0 Å². The van der Waals surface area contributed by atoms with Gasteiger partial charge >= 0.3 is 10.4 Å². The molecule has 13 heteroatoms. The average molecular weight is 1230 g/mol. The van der Waals surface area contributed by atoms with E-state index in [0.717, 1.165) is 51.4 Å². The van der Waals surface area contributed by atoms with Gasteiger partial charge in [-0.1, -0.05) is 380 Å². The second kappa shape index (κ2) is 61.9. The highest BCUT2D eigenvalue weighted by Crippen LogP contribution is 2.27. The zero-order chi connectivity index (χ0) is 61.8. The molecule has 0 aromatic carbocycles. The molecule has 12 nitrogen and oxygen atoms in total. The minimum Gasteiger partial charge on any atom is -0.394 e. The molecule has 0 spiro atoms. The fraction of sp³-hybridized carbons (Fsp3) is 0.986. The topological polar surface area (TPSA) is 192 Å². The van der Waals surface area contributed by atoms with Gasteiger partial charge in [-0.15, -0.1) is 0 Å². The summed E-state index contributed by atoms with van der Waals surface area (Å²) in [6.45, 7) is 3.54. The van der Waals surface area contributed by atoms with E-state index in [0.29, 0.717) is 12.8 Å². The van der Waals surface area contributed by atoms with Crippen LogP contribution < -0.4 is 5.32 Å². The van der Waals surface area contributed by atoms with Crippen molar-refractivity contribution < 1.29 is 51.8 Å². The second-order valence-electron chi connectivity index (χ2n) is 26.6. The van der Waals surface area contributed by atoms with Crippen LogP contribution in [0.25, 0.3) is 0 Å². The highest BCUT2D eigenvalue weighted by molar-refractivity contribution is 7.80. The van der Waals surface area contributed by atoms with Crippen LogP contribution in [0, 0.1) is 0 Å². The maximum atomic E-state index is 13.2. The third-order valence-corrected chi connectivity index (χ3v) is 18.9. The third kappa shape index (κ3) is 53.5. The van der Waals surface area contributed by atoms with Crippen LogP contribution in [0.2, 0.25) is 0 Å². The molecule has 7 atom stereocenters. The quantitative estimate of drug-likeness (QED) is 0.0251. The van der Waals surface area contributed by atoms with Crippen molar-refractivity contribution in [2.75, 3.05) is 13.2 Å². The summed E-state index contributed by atoms with van der Waals surface area (Å²) in [5, 5.41) is 45.4. The van der Waals surface area contributed by atoms with E-state index in [1.807, 2.05) is 0 Å². The van der Waals surface area contributed by atoms with Crippen molar-refractivity contribution in [3.05, 3.63) is 0 Å². The van der Waals surface area contributed by atoms with Gasteiger partial charge in [-0.05, 0) is 12.8 Å². The summed E-state index contributed by atoms with van der Waals surface area (Å²) in [7, 11) is -5.08. The number of ether oxygens (including phenoxy) is 2. The SMILES string of the molecule is CCCCCCCCCCCCCCCCCCCCCCCCCCCCCCCCCCCCCC(=O)NC(COC1OC(CO)C(O)C(OS(=O)(=O)O)C1O)C(O)CCCCCCCCCCCCCCCCCCCCCCCCC. The number of hydrogen-bond acceptors (Lipinski definition) is 10. The van der Waals surface area contributed by atoms with E-state index in [2.05, 4.69) is 23.3 Å². The van der Waals surface area contributed by atoms with Crippen LogP contribution in [-0.2, 0) is 28.9 Å². The molecule has 1 aliphatic rings. The smallest absolute Gasteiger partial charge is 0.394 e. The molecule has 1 saturated heterocycles. The fourth-order valence-corrected chi connectivity index (χ4v) is 13.2. The van der Waals surface area contributed by atoms with E-state index in [1.54, 1.807) is 0 Å². The lowest BCUT2D eigenvalue weighted by Crippen LogP contribution is -2.61. The summed E-state index contributed by atoms with van der Waals surface area (Å²) in [4.78, 5) is 13.2. The molecular weight excluding hydrogens is 1090 g/mol. The van der Waals surface area contributed by atoms with Crippen LogP contribution >= 0.6 is 0 Å². The Kier molecular flexibility index (Phi) is 59.8. The molecule has 85 heavy (non-hydrogen) atoms. The van der Waals surface area contributed by atoms with Crippen molar-refractivity contribution in [3.63, 3.8) is 0 Å². The van der Waals surface area contributed by atoms with Crippen molar-refractivity contribution >= 4 is 16.3 Å². The lowest BCUT2D eigenvalue weighted by Gasteiger charge is -2.41. The normalized spacial score (nSPS) is 18.1. The zero-order valence-corrected chi connectivity index (χ0v) is 56.8. The number of rotatable bonds is 68. The standard InChI is InChI=1S/C72H143NO11S/c1-3-5-7-9-11-13-15-17-19-21-23-25-27-28-29-30-31-32-33-34-35-36-37-38-40-42-44-46-48-50-52-54-56-58-60-62-68(76)73-65(64-82-72-70(78)71(84-85(79,80)81)69(77)67(63-74)83-72)66(75)61-59-57-55-53-51-49-47-45-43-41-39-26-24-22-20-18-16-14-12-10-8-6-4-2/h65-67,69-72,74-75,77-78H,3-64H2,1-2H3,(H,73,76)(H,79,80,81). The number of aliphatic hydroxyl groups is 4. The number of unbranched alkanes of at least 4 members (excludes halogenated alkanes) is 56. The molecule has 1 rings (SSSR count). The lowest BCUT2D eigenvalue weighted by atomic mass is 9.99. The molecule has 0 aromatic heterocycles. The molecule has 1 amide bonds. The van der Waals surface area contributed by atoms with E-state index >= 15 is 0 Å². The van der Waals surface area contributed by atoms with Gasteiger partial charge in [-0.2, -0.15) is 8.42 Å². The molecule has 1 aliphatic heterocycles. The number of hydrogen-bond donors (Lipinski definition) is 6. The first-order chi connectivity index (χ1) is 41.5. The summed E-state index contributed by atoms with van der Waals surface area (Å²) in [6, 6.07) is -0.855. The maximum Gasteiger partial charge on any atom is 0.397 e. The molecule has 1 heterocycles. The average Bonchev–Trinajstić information content (AvgIpc) is 3.59. The van der Waals surface area contributed by atoms with Crippen LogP contribution in [-0.4, -0.2) is 95.4 Å². The number of nitrogens with one attached hydrogen (secondary N) is 1. The number of amides is 1. The van der Waals surface area contributed by atoms with E-state index in [4.69, 9.17) is 9.47 Å². The maximum absolute atomic E-state index is 13.2. The van der Waals surface area contributed by atoms with Crippen LogP contribution in [0.1, 0.15) is 399 Å². The fourth-order valence-electron chi connectivity index (χ4n) is 12.7. The Balaban J connectivity index is 2.17. The molecule has 0 bridgehead atoms.